The summed E-state index contributed by atoms with van der Waals surface area (Å²) in [5.74, 6) is 0. The molecule has 1 saturated heterocycles. The third kappa shape index (κ3) is 8.09. The first-order chi connectivity index (χ1) is 21.9. The normalized spacial score (nSPS) is 15.2. The van der Waals surface area contributed by atoms with Crippen molar-refractivity contribution >= 4 is 45.6 Å². The molecule has 0 spiro atoms. The van der Waals surface area contributed by atoms with Crippen LogP contribution in [0.4, 0.5) is 11.4 Å². The number of halogens is 1. The van der Waals surface area contributed by atoms with Crippen LogP contribution >= 0.6 is 23.4 Å². The van der Waals surface area contributed by atoms with Gasteiger partial charge in [0.1, 0.15) is 12.7 Å². The molecule has 2 aliphatic heterocycles. The number of nitrogens with zero attached hydrogens (tertiary/aromatic N) is 7. The second-order valence-corrected chi connectivity index (χ2v) is 13.7. The summed E-state index contributed by atoms with van der Waals surface area (Å²) in [6.07, 6.45) is 7.65. The van der Waals surface area contributed by atoms with Gasteiger partial charge >= 0.3 is 0 Å². The van der Waals surface area contributed by atoms with Crippen LogP contribution in [-0.4, -0.2) is 101 Å². The highest BCUT2D eigenvalue weighted by molar-refractivity contribution is 7.99. The maximum absolute atomic E-state index is 6.29. The molecule has 0 saturated carbocycles. The van der Waals surface area contributed by atoms with Crippen LogP contribution in [0.25, 0.3) is 10.9 Å². The number of rotatable bonds is 9. The largest absolute Gasteiger partial charge is 0.361 e. The van der Waals surface area contributed by atoms with Crippen LogP contribution in [0, 0.1) is 0 Å². The molecule has 3 aromatic carbocycles. The molecule has 2 aromatic heterocycles. The van der Waals surface area contributed by atoms with Gasteiger partial charge in [0.25, 0.3) is 0 Å². The lowest BCUT2D eigenvalue weighted by Crippen LogP contribution is -2.45. The van der Waals surface area contributed by atoms with Gasteiger partial charge in [-0.3, -0.25) is 0 Å². The zero-order valence-electron chi connectivity index (χ0n) is 26.5. The highest BCUT2D eigenvalue weighted by Gasteiger charge is 2.23. The lowest BCUT2D eigenvalue weighted by Gasteiger charge is -2.35. The minimum atomic E-state index is 0.758. The second kappa shape index (κ2) is 14.8. The van der Waals surface area contributed by atoms with Crippen molar-refractivity contribution in [1.29, 1.82) is 0 Å². The lowest BCUT2D eigenvalue weighted by atomic mass is 10.1. The van der Waals surface area contributed by atoms with E-state index in [4.69, 9.17) is 11.6 Å². The summed E-state index contributed by atoms with van der Waals surface area (Å²) in [5.41, 5.74) is 6.36. The van der Waals surface area contributed by atoms with E-state index < -0.39 is 0 Å². The summed E-state index contributed by atoms with van der Waals surface area (Å²) in [4.78, 5) is 19.6. The minimum Gasteiger partial charge on any atom is -0.361 e. The molecule has 10 heteroatoms. The van der Waals surface area contributed by atoms with E-state index >= 15 is 0 Å². The van der Waals surface area contributed by atoms with Crippen molar-refractivity contribution in [3.05, 3.63) is 95.7 Å². The molecule has 2 aliphatic rings. The SMILES string of the molecule is CN(C)CCc1c[nH]c2ccc(Cn3cncn3)cc12.CN1CCN(CCCN2c3ccccc3Sc3ccc(Cl)cc32)CC1. The summed E-state index contributed by atoms with van der Waals surface area (Å²) in [6.45, 7) is 8.74. The van der Waals surface area contributed by atoms with Crippen molar-refractivity contribution < 1.29 is 0 Å². The van der Waals surface area contributed by atoms with Crippen LogP contribution in [0.5, 0.6) is 0 Å². The van der Waals surface area contributed by atoms with Crippen molar-refractivity contribution in [3.8, 4) is 0 Å². The number of nitrogens with one attached hydrogen (secondary N) is 1. The van der Waals surface area contributed by atoms with E-state index in [0.29, 0.717) is 0 Å². The number of hydrogen-bond acceptors (Lipinski definition) is 7. The number of aromatic nitrogens is 4. The third-order valence-corrected chi connectivity index (χ3v) is 9.88. The third-order valence-electron chi connectivity index (χ3n) is 8.51. The van der Waals surface area contributed by atoms with Gasteiger partial charge in [0.2, 0.25) is 0 Å². The molecule has 0 bridgehead atoms. The molecule has 0 aliphatic carbocycles. The van der Waals surface area contributed by atoms with Crippen molar-refractivity contribution in [3.63, 3.8) is 0 Å². The summed E-state index contributed by atoms with van der Waals surface area (Å²) in [5, 5.41) is 6.27. The molecule has 0 atom stereocenters. The van der Waals surface area contributed by atoms with E-state index in [1.165, 1.54) is 69.4 Å². The monoisotopic (exact) mass is 642 g/mol. The van der Waals surface area contributed by atoms with Crippen LogP contribution < -0.4 is 4.90 Å². The van der Waals surface area contributed by atoms with E-state index in [2.05, 4.69) is 117 Å². The van der Waals surface area contributed by atoms with E-state index in [1.807, 2.05) is 22.5 Å². The fourth-order valence-electron chi connectivity index (χ4n) is 5.94. The van der Waals surface area contributed by atoms with Gasteiger partial charge in [-0.2, -0.15) is 5.10 Å². The van der Waals surface area contributed by atoms with Crippen LogP contribution in [0.2, 0.25) is 5.02 Å². The van der Waals surface area contributed by atoms with Crippen molar-refractivity contribution in [1.82, 2.24) is 34.4 Å². The van der Waals surface area contributed by atoms with Gasteiger partial charge in [0, 0.05) is 71.2 Å². The van der Waals surface area contributed by atoms with Gasteiger partial charge in [0.05, 0.1) is 17.9 Å². The summed E-state index contributed by atoms with van der Waals surface area (Å²) >= 11 is 8.13. The average molecular weight is 643 g/mol. The molecular formula is C35H43ClN8S. The fraction of sp³-hybridized carbons (Fsp3) is 0.371. The first kappa shape index (κ1) is 31.6. The number of hydrogen-bond donors (Lipinski definition) is 1. The van der Waals surface area contributed by atoms with Crippen LogP contribution in [0.1, 0.15) is 17.5 Å². The number of likely N-dealkylation sites (N-methyl/N-ethyl adjacent to an activating group) is 2. The van der Waals surface area contributed by atoms with Crippen molar-refractivity contribution in [2.24, 2.45) is 0 Å². The Morgan fingerprint density at radius 2 is 1.76 bits per heavy atom. The second-order valence-electron chi connectivity index (χ2n) is 12.2. The zero-order chi connectivity index (χ0) is 31.2. The van der Waals surface area contributed by atoms with Gasteiger partial charge in [-0.25, -0.2) is 9.67 Å². The fourth-order valence-corrected chi connectivity index (χ4v) is 7.19. The van der Waals surface area contributed by atoms with E-state index in [1.54, 1.807) is 12.7 Å². The summed E-state index contributed by atoms with van der Waals surface area (Å²) in [6, 6.07) is 21.4. The Balaban J connectivity index is 0.000000163. The predicted molar refractivity (Wildman–Crippen MR) is 187 cm³/mol. The van der Waals surface area contributed by atoms with E-state index in [-0.39, 0.29) is 0 Å². The maximum atomic E-state index is 6.29. The Labute approximate surface area is 276 Å². The standard InChI is InChI=1S/C20H24ClN3S.C15H19N5/c1-22-11-13-23(14-12-22)9-4-10-24-17-5-2-3-6-19(17)25-20-8-7-16(21)15-18(20)24;1-19(2)6-5-13-8-17-15-4-3-12(7-14(13)15)9-20-11-16-10-18-20/h2-3,5-8,15H,4,9-14H2,1H3;3-4,7-8,10-11,17H,5-6,9H2,1-2H3. The van der Waals surface area contributed by atoms with Gasteiger partial charge < -0.3 is 24.6 Å². The first-order valence-corrected chi connectivity index (χ1v) is 16.9. The van der Waals surface area contributed by atoms with Crippen LogP contribution in [0.3, 0.4) is 0 Å². The Bertz CT molecular complexity index is 1680. The summed E-state index contributed by atoms with van der Waals surface area (Å²) < 4.78 is 1.84. The van der Waals surface area contributed by atoms with E-state index in [0.717, 1.165) is 44.0 Å². The number of piperazine rings is 1. The highest BCUT2D eigenvalue weighted by atomic mass is 35.5. The quantitative estimate of drug-likeness (QED) is 0.197. The number of fused-ring (bicyclic) bond motifs is 3. The molecule has 1 N–H and O–H groups in total. The zero-order valence-corrected chi connectivity index (χ0v) is 28.1. The first-order valence-electron chi connectivity index (χ1n) is 15.7. The molecule has 0 amide bonds. The minimum absolute atomic E-state index is 0.758. The van der Waals surface area contributed by atoms with Gasteiger partial charge in [-0.05, 0) is 94.1 Å². The number of anilines is 2. The molecule has 7 rings (SSSR count). The topological polar surface area (TPSA) is 59.5 Å². The number of benzene rings is 3. The van der Waals surface area contributed by atoms with Gasteiger partial charge in [-0.15, -0.1) is 0 Å². The molecular weight excluding hydrogens is 600 g/mol. The van der Waals surface area contributed by atoms with Crippen LogP contribution in [0.15, 0.2) is 89.3 Å². The van der Waals surface area contributed by atoms with Gasteiger partial charge in [-0.1, -0.05) is 41.6 Å². The molecule has 4 heterocycles. The number of para-hydroxylation sites is 1. The molecule has 0 unspecified atom stereocenters. The Kier molecular flexibility index (Phi) is 10.4. The lowest BCUT2D eigenvalue weighted by molar-refractivity contribution is 0.153. The van der Waals surface area contributed by atoms with Gasteiger partial charge in [0.15, 0.2) is 0 Å². The highest BCUT2D eigenvalue weighted by Crippen LogP contribution is 2.48. The molecule has 1 fully saturated rings. The maximum Gasteiger partial charge on any atom is 0.137 e. The predicted octanol–water partition coefficient (Wildman–Crippen LogP) is 6.49. The average Bonchev–Trinajstić information content (AvgIpc) is 3.71. The smallest absolute Gasteiger partial charge is 0.137 e. The molecule has 5 aromatic rings. The number of H-pyrrole nitrogens is 1. The Hall–Kier alpha value is -3.34. The Morgan fingerprint density at radius 1 is 0.933 bits per heavy atom. The number of aromatic amines is 1. The molecule has 0 radical (unpaired) electrons. The molecule has 45 heavy (non-hydrogen) atoms. The summed E-state index contributed by atoms with van der Waals surface area (Å²) in [7, 11) is 6.41. The van der Waals surface area contributed by atoms with Crippen LogP contribution in [-0.2, 0) is 13.0 Å². The van der Waals surface area contributed by atoms with Crippen molar-refractivity contribution in [2.45, 2.75) is 29.2 Å². The molecule has 236 valence electrons. The Morgan fingerprint density at radius 3 is 2.56 bits per heavy atom. The molecule has 8 nitrogen and oxygen atoms in total. The van der Waals surface area contributed by atoms with E-state index in [9.17, 15) is 0 Å². The van der Waals surface area contributed by atoms with Crippen molar-refractivity contribution in [2.75, 3.05) is 71.9 Å².